The van der Waals surface area contributed by atoms with E-state index >= 15 is 0 Å². The van der Waals surface area contributed by atoms with Crippen molar-refractivity contribution in [2.24, 2.45) is 16.7 Å². The fourth-order valence-corrected chi connectivity index (χ4v) is 6.48. The summed E-state index contributed by atoms with van der Waals surface area (Å²) in [5, 5.41) is 15.9. The van der Waals surface area contributed by atoms with Crippen LogP contribution in [0.15, 0.2) is 11.6 Å². The van der Waals surface area contributed by atoms with Crippen LogP contribution in [-0.2, 0) is 19.2 Å². The lowest BCUT2D eigenvalue weighted by Gasteiger charge is -2.41. The van der Waals surface area contributed by atoms with Gasteiger partial charge in [-0.05, 0) is 69.7 Å². The molecule has 5 atom stereocenters. The SMILES string of the molecule is C/C(=C\[C@H](C(C)C)N(C)C(=O)[C@@H](NC(=O)C1CCCCN1C(C)C)C(C)(C)C)C(=O)N1CCC[C@H]1C(=O)N[C@H](CO)C(C)(C)C. The van der Waals surface area contributed by atoms with E-state index in [-0.39, 0.29) is 53.7 Å². The minimum atomic E-state index is -0.745. The fraction of sp³-hybridized carbons (Fsp3) is 0.829. The first-order valence-corrected chi connectivity index (χ1v) is 17.0. The van der Waals surface area contributed by atoms with Gasteiger partial charge in [-0.15, -0.1) is 0 Å². The molecule has 0 aromatic heterocycles. The minimum Gasteiger partial charge on any atom is -0.394 e. The van der Waals surface area contributed by atoms with Gasteiger partial charge >= 0.3 is 0 Å². The highest BCUT2D eigenvalue weighted by Gasteiger charge is 2.41. The van der Waals surface area contributed by atoms with Crippen molar-refractivity contribution in [2.45, 2.75) is 145 Å². The number of nitrogens with one attached hydrogen (secondary N) is 2. The molecule has 0 aromatic carbocycles. The number of piperidine rings is 1. The van der Waals surface area contributed by atoms with Crippen LogP contribution in [0.4, 0.5) is 0 Å². The molecule has 10 heteroatoms. The van der Waals surface area contributed by atoms with Gasteiger partial charge in [0, 0.05) is 25.2 Å². The first-order valence-electron chi connectivity index (χ1n) is 17.0. The van der Waals surface area contributed by atoms with Gasteiger partial charge in [0.15, 0.2) is 0 Å². The lowest BCUT2D eigenvalue weighted by molar-refractivity contribution is -0.142. The van der Waals surface area contributed by atoms with Crippen LogP contribution >= 0.6 is 0 Å². The number of carbonyl (C=O) groups is 4. The number of amides is 4. The first kappa shape index (κ1) is 38.7. The zero-order valence-electron chi connectivity index (χ0n) is 30.2. The van der Waals surface area contributed by atoms with Crippen LogP contribution in [0.3, 0.4) is 0 Å². The molecule has 2 saturated heterocycles. The number of rotatable bonds is 11. The summed E-state index contributed by atoms with van der Waals surface area (Å²) in [4.78, 5) is 60.2. The summed E-state index contributed by atoms with van der Waals surface area (Å²) < 4.78 is 0. The molecule has 258 valence electrons. The molecule has 0 aromatic rings. The Kier molecular flexibility index (Phi) is 13.7. The lowest BCUT2D eigenvalue weighted by Crippen LogP contribution is -2.60. The monoisotopic (exact) mass is 633 g/mol. The van der Waals surface area contributed by atoms with Gasteiger partial charge in [-0.1, -0.05) is 67.9 Å². The van der Waals surface area contributed by atoms with Crippen molar-refractivity contribution < 1.29 is 24.3 Å². The van der Waals surface area contributed by atoms with Gasteiger partial charge in [0.1, 0.15) is 12.1 Å². The normalized spacial score (nSPS) is 22.3. The molecule has 0 spiro atoms. The molecule has 3 N–H and O–H groups in total. The summed E-state index contributed by atoms with van der Waals surface area (Å²) in [6, 6.07) is -2.21. The zero-order valence-corrected chi connectivity index (χ0v) is 30.2. The maximum Gasteiger partial charge on any atom is 0.249 e. The van der Waals surface area contributed by atoms with E-state index in [4.69, 9.17) is 0 Å². The molecule has 0 radical (unpaired) electrons. The highest BCUT2D eigenvalue weighted by atomic mass is 16.3. The Morgan fingerprint density at radius 1 is 0.867 bits per heavy atom. The second kappa shape index (κ2) is 15.9. The molecule has 4 amide bonds. The van der Waals surface area contributed by atoms with Crippen molar-refractivity contribution in [2.75, 3.05) is 26.7 Å². The fourth-order valence-electron chi connectivity index (χ4n) is 6.48. The van der Waals surface area contributed by atoms with E-state index in [9.17, 15) is 24.3 Å². The Bertz CT molecular complexity index is 1070. The number of carbonyl (C=O) groups excluding carboxylic acids is 4. The molecule has 0 bridgehead atoms. The van der Waals surface area contributed by atoms with Crippen LogP contribution in [0.5, 0.6) is 0 Å². The van der Waals surface area contributed by atoms with Crippen LogP contribution in [0.1, 0.15) is 108 Å². The predicted octanol–water partition coefficient (Wildman–Crippen LogP) is 3.72. The number of likely N-dealkylation sites (N-methyl/N-ethyl adjacent to an activating group) is 1. The van der Waals surface area contributed by atoms with E-state index in [0.717, 1.165) is 25.8 Å². The van der Waals surface area contributed by atoms with Crippen molar-refractivity contribution in [1.29, 1.82) is 0 Å². The number of aliphatic hydroxyl groups is 1. The van der Waals surface area contributed by atoms with Crippen molar-refractivity contribution in [3.8, 4) is 0 Å². The van der Waals surface area contributed by atoms with Gasteiger partial charge in [0.05, 0.1) is 24.7 Å². The largest absolute Gasteiger partial charge is 0.394 e. The second-order valence-corrected chi connectivity index (χ2v) is 16.0. The highest BCUT2D eigenvalue weighted by molar-refractivity contribution is 5.97. The van der Waals surface area contributed by atoms with Crippen LogP contribution in [0.25, 0.3) is 0 Å². The number of aliphatic hydroxyl groups excluding tert-OH is 1. The van der Waals surface area contributed by atoms with Gasteiger partial charge < -0.3 is 25.5 Å². The van der Waals surface area contributed by atoms with E-state index in [0.29, 0.717) is 25.0 Å². The van der Waals surface area contributed by atoms with Gasteiger partial charge in [-0.2, -0.15) is 0 Å². The molecule has 2 heterocycles. The van der Waals surface area contributed by atoms with Crippen LogP contribution in [0, 0.1) is 16.7 Å². The van der Waals surface area contributed by atoms with Crippen molar-refractivity contribution in [3.63, 3.8) is 0 Å². The molecule has 1 unspecified atom stereocenters. The van der Waals surface area contributed by atoms with Crippen molar-refractivity contribution >= 4 is 23.6 Å². The molecule has 2 fully saturated rings. The number of nitrogens with zero attached hydrogens (tertiary/aromatic N) is 3. The van der Waals surface area contributed by atoms with Crippen LogP contribution in [-0.4, -0.2) is 106 Å². The third kappa shape index (κ3) is 10.0. The van der Waals surface area contributed by atoms with E-state index in [1.54, 1.807) is 23.8 Å². The maximum absolute atomic E-state index is 14.1. The smallest absolute Gasteiger partial charge is 0.249 e. The summed E-state index contributed by atoms with van der Waals surface area (Å²) in [6.07, 6.45) is 5.92. The lowest BCUT2D eigenvalue weighted by atomic mass is 9.84. The number of hydrogen-bond acceptors (Lipinski definition) is 6. The summed E-state index contributed by atoms with van der Waals surface area (Å²) in [5.74, 6) is -0.812. The Labute approximate surface area is 272 Å². The third-order valence-electron chi connectivity index (χ3n) is 9.51. The van der Waals surface area contributed by atoms with E-state index in [2.05, 4.69) is 29.4 Å². The molecular formula is C35H63N5O5. The second-order valence-electron chi connectivity index (χ2n) is 16.0. The summed E-state index contributed by atoms with van der Waals surface area (Å²) in [7, 11) is 1.74. The highest BCUT2D eigenvalue weighted by Crippen LogP contribution is 2.27. The van der Waals surface area contributed by atoms with Gasteiger partial charge in [-0.25, -0.2) is 0 Å². The molecule has 0 saturated carbocycles. The van der Waals surface area contributed by atoms with Crippen molar-refractivity contribution in [3.05, 3.63) is 11.6 Å². The molecule has 0 aliphatic carbocycles. The molecule has 45 heavy (non-hydrogen) atoms. The molecule has 2 rings (SSSR count). The third-order valence-corrected chi connectivity index (χ3v) is 9.51. The van der Waals surface area contributed by atoms with E-state index < -0.39 is 29.6 Å². The average Bonchev–Trinajstić information content (AvgIpc) is 3.44. The Hall–Kier alpha value is -2.46. The Morgan fingerprint density at radius 3 is 1.96 bits per heavy atom. The first-order chi connectivity index (χ1) is 20.7. The zero-order chi connectivity index (χ0) is 34.4. The van der Waals surface area contributed by atoms with Gasteiger partial charge in [0.2, 0.25) is 23.6 Å². The van der Waals surface area contributed by atoms with Gasteiger partial charge in [0.25, 0.3) is 0 Å². The summed E-state index contributed by atoms with van der Waals surface area (Å²) in [5.41, 5.74) is -0.401. The molecule has 2 aliphatic heterocycles. The Balaban J connectivity index is 2.27. The summed E-state index contributed by atoms with van der Waals surface area (Å²) >= 11 is 0. The Morgan fingerprint density at radius 2 is 1.44 bits per heavy atom. The van der Waals surface area contributed by atoms with E-state index in [1.807, 2.05) is 61.5 Å². The maximum atomic E-state index is 14.1. The van der Waals surface area contributed by atoms with Crippen LogP contribution < -0.4 is 10.6 Å². The minimum absolute atomic E-state index is 0.0115. The molecule has 10 nitrogen and oxygen atoms in total. The average molecular weight is 634 g/mol. The number of hydrogen-bond donors (Lipinski definition) is 3. The number of likely N-dealkylation sites (tertiary alicyclic amines) is 2. The summed E-state index contributed by atoms with van der Waals surface area (Å²) in [6.45, 7) is 22.8. The quantitative estimate of drug-likeness (QED) is 0.298. The van der Waals surface area contributed by atoms with E-state index in [1.165, 1.54) is 0 Å². The predicted molar refractivity (Wildman–Crippen MR) is 179 cm³/mol. The van der Waals surface area contributed by atoms with Crippen molar-refractivity contribution in [1.82, 2.24) is 25.3 Å². The standard InChI is InChI=1S/C35H63N5O5/c1-22(2)27(20-24(5)32(44)40-19-15-17-26(40)30(42)36-28(21-41)34(6,7)8)38(12)33(45)29(35(9,10)11)37-31(43)25-16-13-14-18-39(25)23(3)4/h20,22-23,25-29,41H,13-19,21H2,1-12H3,(H,36,42)(H,37,43)/b24-20+/t25?,26-,27+,28+,29+/m0/s1. The topological polar surface area (TPSA) is 122 Å². The molecule has 2 aliphatic rings. The molecular weight excluding hydrogens is 570 g/mol. The van der Waals surface area contributed by atoms with Crippen LogP contribution in [0.2, 0.25) is 0 Å². The van der Waals surface area contributed by atoms with Gasteiger partial charge in [-0.3, -0.25) is 24.1 Å².